The van der Waals surface area contributed by atoms with Crippen LogP contribution >= 0.6 is 0 Å². The Morgan fingerprint density at radius 2 is 2.07 bits per heavy atom. The zero-order valence-corrected chi connectivity index (χ0v) is 10.00. The van der Waals surface area contributed by atoms with Gasteiger partial charge in [-0.25, -0.2) is 0 Å². The lowest BCUT2D eigenvalue weighted by molar-refractivity contribution is 0.347. The lowest BCUT2D eigenvalue weighted by Gasteiger charge is -2.22. The largest absolute Gasteiger partial charge is 0.355 e. The lowest BCUT2D eigenvalue weighted by Crippen LogP contribution is -2.19. The highest BCUT2D eigenvalue weighted by Crippen LogP contribution is 2.14. The minimum Gasteiger partial charge on any atom is -0.355 e. The van der Waals surface area contributed by atoms with Gasteiger partial charge in [0.25, 0.3) is 0 Å². The molecule has 0 aromatic rings. The maximum atomic E-state index is 3.82. The summed E-state index contributed by atoms with van der Waals surface area (Å²) in [4.78, 5) is 2.18. The van der Waals surface area contributed by atoms with Crippen LogP contribution in [0.3, 0.4) is 0 Å². The average Bonchev–Trinajstić information content (AvgIpc) is 2.22. The predicted octanol–water partition coefficient (Wildman–Crippen LogP) is 4.18. The first-order valence-electron chi connectivity index (χ1n) is 5.79. The van der Waals surface area contributed by atoms with Gasteiger partial charge in [0, 0.05) is 6.54 Å². The van der Waals surface area contributed by atoms with Gasteiger partial charge in [0.1, 0.15) is 0 Å². The molecule has 14 heavy (non-hydrogen) atoms. The molecular formula is C13H25N. The standard InChI is InChI=1S/C13H25N/c1-5-9-10-13(7-3)12-14(8-4)11-6-2/h6,8,11,13H,4-5,7,9-10,12H2,1-3H3/b11-6-/t13-/m1/s1. The molecule has 0 bridgehead atoms. The van der Waals surface area contributed by atoms with Crippen molar-refractivity contribution >= 4 is 0 Å². The highest BCUT2D eigenvalue weighted by molar-refractivity contribution is 4.86. The Morgan fingerprint density at radius 3 is 2.50 bits per heavy atom. The number of hydrogen-bond acceptors (Lipinski definition) is 1. The van der Waals surface area contributed by atoms with E-state index in [2.05, 4.69) is 37.6 Å². The van der Waals surface area contributed by atoms with E-state index in [0.29, 0.717) is 0 Å². The Morgan fingerprint density at radius 1 is 1.36 bits per heavy atom. The van der Waals surface area contributed by atoms with Crippen molar-refractivity contribution in [1.29, 1.82) is 0 Å². The smallest absolute Gasteiger partial charge is 0.0247 e. The molecule has 0 unspecified atom stereocenters. The van der Waals surface area contributed by atoms with Crippen LogP contribution in [0, 0.1) is 5.92 Å². The van der Waals surface area contributed by atoms with Crippen LogP contribution in [0.15, 0.2) is 25.1 Å². The summed E-state index contributed by atoms with van der Waals surface area (Å²) in [6.45, 7) is 11.5. The van der Waals surface area contributed by atoms with Crippen molar-refractivity contribution in [1.82, 2.24) is 4.90 Å². The molecule has 0 aliphatic rings. The van der Waals surface area contributed by atoms with Gasteiger partial charge < -0.3 is 4.90 Å². The molecule has 0 saturated heterocycles. The second-order valence-corrected chi connectivity index (χ2v) is 3.78. The van der Waals surface area contributed by atoms with Gasteiger partial charge in [-0.05, 0) is 31.7 Å². The first-order valence-corrected chi connectivity index (χ1v) is 5.79. The van der Waals surface area contributed by atoms with Crippen LogP contribution in [0.5, 0.6) is 0 Å². The van der Waals surface area contributed by atoms with Gasteiger partial charge in [-0.15, -0.1) is 0 Å². The van der Waals surface area contributed by atoms with Crippen molar-refractivity contribution < 1.29 is 0 Å². The number of unbranched alkanes of at least 4 members (excludes halogenated alkanes) is 1. The van der Waals surface area contributed by atoms with Crippen LogP contribution in [-0.2, 0) is 0 Å². The highest BCUT2D eigenvalue weighted by atomic mass is 15.1. The van der Waals surface area contributed by atoms with Gasteiger partial charge in [0.2, 0.25) is 0 Å². The van der Waals surface area contributed by atoms with Gasteiger partial charge in [-0.2, -0.15) is 0 Å². The van der Waals surface area contributed by atoms with E-state index >= 15 is 0 Å². The van der Waals surface area contributed by atoms with Crippen molar-refractivity contribution in [2.45, 2.75) is 46.5 Å². The molecule has 1 atom stereocenters. The van der Waals surface area contributed by atoms with Crippen molar-refractivity contribution in [3.63, 3.8) is 0 Å². The first-order chi connectivity index (χ1) is 6.78. The molecule has 0 aliphatic carbocycles. The number of nitrogens with zero attached hydrogens (tertiary/aromatic N) is 1. The number of allylic oxidation sites excluding steroid dienone is 1. The summed E-state index contributed by atoms with van der Waals surface area (Å²) in [6, 6.07) is 0. The van der Waals surface area contributed by atoms with E-state index in [4.69, 9.17) is 0 Å². The van der Waals surface area contributed by atoms with Gasteiger partial charge in [0.15, 0.2) is 0 Å². The van der Waals surface area contributed by atoms with Gasteiger partial charge >= 0.3 is 0 Å². The third-order valence-electron chi connectivity index (χ3n) is 2.59. The molecule has 0 aliphatic heterocycles. The monoisotopic (exact) mass is 195 g/mol. The lowest BCUT2D eigenvalue weighted by atomic mass is 9.99. The molecule has 0 aromatic heterocycles. The summed E-state index contributed by atoms with van der Waals surface area (Å²) in [5, 5.41) is 0. The van der Waals surface area contributed by atoms with E-state index in [-0.39, 0.29) is 0 Å². The van der Waals surface area contributed by atoms with Crippen molar-refractivity contribution in [2.24, 2.45) is 5.92 Å². The summed E-state index contributed by atoms with van der Waals surface area (Å²) in [5.74, 6) is 0.809. The molecule has 0 amide bonds. The molecule has 0 radical (unpaired) electrons. The summed E-state index contributed by atoms with van der Waals surface area (Å²) in [7, 11) is 0. The molecule has 0 saturated carbocycles. The topological polar surface area (TPSA) is 3.24 Å². The molecule has 0 fully saturated rings. The summed E-state index contributed by atoms with van der Waals surface area (Å²) < 4.78 is 0. The Bertz CT molecular complexity index is 161. The Hall–Kier alpha value is -0.720. The zero-order chi connectivity index (χ0) is 10.8. The Kier molecular flexibility index (Phi) is 8.40. The minimum atomic E-state index is 0.809. The molecule has 0 spiro atoms. The third kappa shape index (κ3) is 5.85. The summed E-state index contributed by atoms with van der Waals surface area (Å²) >= 11 is 0. The fraction of sp³-hybridized carbons (Fsp3) is 0.692. The van der Waals surface area contributed by atoms with E-state index in [1.54, 1.807) is 0 Å². The van der Waals surface area contributed by atoms with E-state index in [1.807, 2.05) is 13.1 Å². The Balaban J connectivity index is 3.93. The van der Waals surface area contributed by atoms with Gasteiger partial charge in [0.05, 0.1) is 0 Å². The van der Waals surface area contributed by atoms with Crippen molar-refractivity contribution in [3.05, 3.63) is 25.1 Å². The van der Waals surface area contributed by atoms with E-state index in [1.165, 1.54) is 25.7 Å². The van der Waals surface area contributed by atoms with Crippen LogP contribution in [0.1, 0.15) is 46.5 Å². The molecule has 82 valence electrons. The fourth-order valence-corrected chi connectivity index (χ4v) is 1.60. The molecule has 0 N–H and O–H groups in total. The predicted molar refractivity (Wildman–Crippen MR) is 65.0 cm³/mol. The quantitative estimate of drug-likeness (QED) is 0.561. The molecule has 0 heterocycles. The van der Waals surface area contributed by atoms with E-state index in [9.17, 15) is 0 Å². The normalized spacial score (nSPS) is 13.1. The van der Waals surface area contributed by atoms with Crippen LogP contribution in [0.4, 0.5) is 0 Å². The van der Waals surface area contributed by atoms with Crippen LogP contribution in [0.25, 0.3) is 0 Å². The minimum absolute atomic E-state index is 0.809. The molecular weight excluding hydrogens is 170 g/mol. The van der Waals surface area contributed by atoms with Crippen LogP contribution < -0.4 is 0 Å². The van der Waals surface area contributed by atoms with Crippen LogP contribution in [-0.4, -0.2) is 11.4 Å². The van der Waals surface area contributed by atoms with Gasteiger partial charge in [-0.3, -0.25) is 0 Å². The number of rotatable bonds is 8. The molecule has 0 aromatic carbocycles. The van der Waals surface area contributed by atoms with E-state index < -0.39 is 0 Å². The van der Waals surface area contributed by atoms with Crippen molar-refractivity contribution in [2.75, 3.05) is 6.54 Å². The zero-order valence-electron chi connectivity index (χ0n) is 10.00. The summed E-state index contributed by atoms with van der Waals surface area (Å²) in [6.07, 6.45) is 11.3. The maximum Gasteiger partial charge on any atom is 0.0247 e. The maximum absolute atomic E-state index is 3.82. The van der Waals surface area contributed by atoms with Gasteiger partial charge in [-0.1, -0.05) is 45.8 Å². The fourth-order valence-electron chi connectivity index (χ4n) is 1.60. The summed E-state index contributed by atoms with van der Waals surface area (Å²) in [5.41, 5.74) is 0. The first kappa shape index (κ1) is 13.3. The molecule has 0 rings (SSSR count). The van der Waals surface area contributed by atoms with E-state index in [0.717, 1.165) is 12.5 Å². The second kappa shape index (κ2) is 8.86. The Labute approximate surface area is 89.5 Å². The number of hydrogen-bond donors (Lipinski definition) is 0. The molecule has 1 nitrogen and oxygen atoms in total. The SMILES string of the molecule is C=CN(/C=C\C)C[C@H](CC)CCCC. The van der Waals surface area contributed by atoms with Crippen LogP contribution in [0.2, 0.25) is 0 Å². The highest BCUT2D eigenvalue weighted by Gasteiger charge is 2.07. The van der Waals surface area contributed by atoms with Crippen molar-refractivity contribution in [3.8, 4) is 0 Å². The third-order valence-corrected chi connectivity index (χ3v) is 2.59. The average molecular weight is 195 g/mol. The second-order valence-electron chi connectivity index (χ2n) is 3.78. The molecule has 1 heteroatoms.